The average molecular weight is 416 g/mol. The van der Waals surface area contributed by atoms with Crippen LogP contribution in [0.25, 0.3) is 0 Å². The van der Waals surface area contributed by atoms with Gasteiger partial charge in [0, 0.05) is 47.5 Å². The maximum absolute atomic E-state index is 11.5. The van der Waals surface area contributed by atoms with Crippen molar-refractivity contribution < 1.29 is 14.3 Å². The molecule has 126 valence electrons. The van der Waals surface area contributed by atoms with Crippen molar-refractivity contribution in [1.82, 2.24) is 15.5 Å². The number of hydrogen-bond acceptors (Lipinski definition) is 4. The maximum atomic E-state index is 11.5. The summed E-state index contributed by atoms with van der Waals surface area (Å²) >= 11 is 0. The highest BCUT2D eigenvalue weighted by molar-refractivity contribution is 14.0. The van der Waals surface area contributed by atoms with Gasteiger partial charge in [0.2, 0.25) is 5.91 Å². The molecule has 0 aliphatic carbocycles. The second-order valence-corrected chi connectivity index (χ2v) is 4.35. The lowest BCUT2D eigenvalue weighted by Gasteiger charge is -2.13. The molecule has 0 aliphatic heterocycles. The van der Waals surface area contributed by atoms with E-state index in [9.17, 15) is 4.79 Å². The van der Waals surface area contributed by atoms with E-state index >= 15 is 0 Å². The number of likely N-dealkylation sites (N-methyl/N-ethyl adjacent to an activating group) is 1. The Bertz CT molecular complexity index is 289. The number of amides is 1. The molecule has 2 N–H and O–H groups in total. The molecule has 0 saturated heterocycles. The molecule has 7 nitrogen and oxygen atoms in total. The van der Waals surface area contributed by atoms with Crippen LogP contribution in [0.2, 0.25) is 0 Å². The zero-order valence-corrected chi connectivity index (χ0v) is 15.8. The quantitative estimate of drug-likeness (QED) is 0.232. The van der Waals surface area contributed by atoms with Crippen molar-refractivity contribution in [3.05, 3.63) is 0 Å². The lowest BCUT2D eigenvalue weighted by Crippen LogP contribution is -2.40. The Kier molecular flexibility index (Phi) is 17.0. The SMILES string of the molecule is CCOCCCNC(=NCC(=O)N(C)C)NCCOC.I. The van der Waals surface area contributed by atoms with Crippen LogP contribution in [0.1, 0.15) is 13.3 Å². The van der Waals surface area contributed by atoms with Crippen molar-refractivity contribution in [3.63, 3.8) is 0 Å². The predicted molar refractivity (Wildman–Crippen MR) is 95.4 cm³/mol. The minimum absolute atomic E-state index is 0. The third kappa shape index (κ3) is 14.1. The largest absolute Gasteiger partial charge is 0.383 e. The van der Waals surface area contributed by atoms with Crippen LogP contribution >= 0.6 is 24.0 Å². The van der Waals surface area contributed by atoms with Crippen LogP contribution in [-0.2, 0) is 14.3 Å². The second-order valence-electron chi connectivity index (χ2n) is 4.35. The molecule has 0 aromatic rings. The summed E-state index contributed by atoms with van der Waals surface area (Å²) in [7, 11) is 5.07. The van der Waals surface area contributed by atoms with Gasteiger partial charge in [-0.25, -0.2) is 4.99 Å². The van der Waals surface area contributed by atoms with Crippen LogP contribution in [0.5, 0.6) is 0 Å². The van der Waals surface area contributed by atoms with Gasteiger partial charge in [-0.2, -0.15) is 0 Å². The van der Waals surface area contributed by atoms with Crippen LogP contribution in [0.4, 0.5) is 0 Å². The average Bonchev–Trinajstić information content (AvgIpc) is 2.43. The van der Waals surface area contributed by atoms with Crippen LogP contribution < -0.4 is 10.6 Å². The highest BCUT2D eigenvalue weighted by Gasteiger charge is 2.04. The van der Waals surface area contributed by atoms with Crippen LogP contribution in [0, 0.1) is 0 Å². The van der Waals surface area contributed by atoms with Crippen LogP contribution in [0.15, 0.2) is 4.99 Å². The number of nitrogens with one attached hydrogen (secondary N) is 2. The van der Waals surface area contributed by atoms with E-state index in [0.717, 1.165) is 19.6 Å². The highest BCUT2D eigenvalue weighted by Crippen LogP contribution is 1.84. The molecule has 0 bridgehead atoms. The summed E-state index contributed by atoms with van der Waals surface area (Å²) in [6.07, 6.45) is 0.889. The molecule has 0 aromatic carbocycles. The van der Waals surface area contributed by atoms with Crippen LogP contribution in [0.3, 0.4) is 0 Å². The first-order chi connectivity index (χ1) is 9.61. The van der Waals surface area contributed by atoms with Gasteiger partial charge >= 0.3 is 0 Å². The van der Waals surface area contributed by atoms with Crippen molar-refractivity contribution in [1.29, 1.82) is 0 Å². The summed E-state index contributed by atoms with van der Waals surface area (Å²) < 4.78 is 10.2. The fourth-order valence-electron chi connectivity index (χ4n) is 1.26. The van der Waals surface area contributed by atoms with Crippen molar-refractivity contribution in [2.75, 3.05) is 60.7 Å². The third-order valence-electron chi connectivity index (χ3n) is 2.43. The number of rotatable bonds is 10. The molecule has 0 radical (unpaired) electrons. The number of hydrogen-bond donors (Lipinski definition) is 2. The van der Waals surface area contributed by atoms with E-state index in [0.29, 0.717) is 25.7 Å². The second kappa shape index (κ2) is 15.8. The summed E-state index contributed by atoms with van der Waals surface area (Å²) in [6, 6.07) is 0. The van der Waals surface area contributed by atoms with Gasteiger partial charge in [0.25, 0.3) is 0 Å². The Balaban J connectivity index is 0. The fourth-order valence-corrected chi connectivity index (χ4v) is 1.26. The first kappa shape index (κ1) is 22.7. The number of halogens is 1. The molecular weight excluding hydrogens is 387 g/mol. The topological polar surface area (TPSA) is 75.2 Å². The van der Waals surface area contributed by atoms with Gasteiger partial charge in [0.1, 0.15) is 6.54 Å². The van der Waals surface area contributed by atoms with Gasteiger partial charge in [0.05, 0.1) is 6.61 Å². The van der Waals surface area contributed by atoms with Gasteiger partial charge in [-0.1, -0.05) is 0 Å². The van der Waals surface area contributed by atoms with Crippen molar-refractivity contribution in [2.24, 2.45) is 4.99 Å². The first-order valence-electron chi connectivity index (χ1n) is 6.90. The zero-order valence-electron chi connectivity index (χ0n) is 13.5. The predicted octanol–water partition coefficient (Wildman–Crippen LogP) is 0.301. The number of nitrogens with zero attached hydrogens (tertiary/aromatic N) is 2. The van der Waals surface area contributed by atoms with Crippen molar-refractivity contribution in [2.45, 2.75) is 13.3 Å². The molecule has 8 heteroatoms. The molecule has 0 aromatic heterocycles. The Labute approximate surface area is 144 Å². The third-order valence-corrected chi connectivity index (χ3v) is 2.43. The summed E-state index contributed by atoms with van der Waals surface area (Å²) in [5.74, 6) is 0.584. The van der Waals surface area contributed by atoms with Gasteiger partial charge in [-0.3, -0.25) is 4.79 Å². The summed E-state index contributed by atoms with van der Waals surface area (Å²) in [5.41, 5.74) is 0. The van der Waals surface area contributed by atoms with E-state index in [4.69, 9.17) is 9.47 Å². The van der Waals surface area contributed by atoms with Gasteiger partial charge in [-0.05, 0) is 13.3 Å². The molecule has 0 saturated carbocycles. The fraction of sp³-hybridized carbons (Fsp3) is 0.846. The molecular formula is C13H29IN4O3. The normalized spacial score (nSPS) is 10.8. The number of ether oxygens (including phenoxy) is 2. The van der Waals surface area contributed by atoms with Gasteiger partial charge < -0.3 is 25.0 Å². The molecule has 0 rings (SSSR count). The molecule has 0 heterocycles. The Hall–Kier alpha value is -0.610. The Morgan fingerprint density at radius 1 is 1.19 bits per heavy atom. The molecule has 21 heavy (non-hydrogen) atoms. The standard InChI is InChI=1S/C13H28N4O3.HI/c1-5-20-9-6-7-14-13(15-8-10-19-4)16-11-12(18)17(2)3;/h5-11H2,1-4H3,(H2,14,15,16);1H. The summed E-state index contributed by atoms with van der Waals surface area (Å²) in [5, 5.41) is 6.27. The van der Waals surface area contributed by atoms with E-state index in [1.165, 1.54) is 4.90 Å². The summed E-state index contributed by atoms with van der Waals surface area (Å²) in [6.45, 7) is 5.51. The van der Waals surface area contributed by atoms with Gasteiger partial charge in [0.15, 0.2) is 5.96 Å². The Morgan fingerprint density at radius 2 is 1.86 bits per heavy atom. The molecule has 0 spiro atoms. The summed E-state index contributed by atoms with van der Waals surface area (Å²) in [4.78, 5) is 17.3. The molecule has 0 fully saturated rings. The smallest absolute Gasteiger partial charge is 0.243 e. The van der Waals surface area contributed by atoms with E-state index in [1.54, 1.807) is 21.2 Å². The molecule has 1 amide bonds. The number of guanidine groups is 1. The number of carbonyl (C=O) groups is 1. The monoisotopic (exact) mass is 416 g/mol. The lowest BCUT2D eigenvalue weighted by molar-refractivity contribution is -0.127. The van der Waals surface area contributed by atoms with Gasteiger partial charge in [-0.15, -0.1) is 24.0 Å². The van der Waals surface area contributed by atoms with E-state index in [-0.39, 0.29) is 36.4 Å². The molecule has 0 unspecified atom stereocenters. The minimum atomic E-state index is -0.0350. The zero-order chi connectivity index (χ0) is 15.2. The Morgan fingerprint density at radius 3 is 2.43 bits per heavy atom. The molecule has 0 atom stereocenters. The highest BCUT2D eigenvalue weighted by atomic mass is 127. The number of methoxy groups -OCH3 is 1. The van der Waals surface area contributed by atoms with Crippen LogP contribution in [-0.4, -0.2) is 77.4 Å². The first-order valence-corrected chi connectivity index (χ1v) is 6.90. The van der Waals surface area contributed by atoms with Crippen molar-refractivity contribution >= 4 is 35.8 Å². The van der Waals surface area contributed by atoms with Crippen molar-refractivity contribution in [3.8, 4) is 0 Å². The number of aliphatic imine (C=N–C) groups is 1. The van der Waals surface area contributed by atoms with E-state index in [2.05, 4.69) is 15.6 Å². The van der Waals surface area contributed by atoms with E-state index in [1.807, 2.05) is 6.92 Å². The lowest BCUT2D eigenvalue weighted by atomic mass is 10.4. The van der Waals surface area contributed by atoms with E-state index < -0.39 is 0 Å². The molecule has 0 aliphatic rings. The number of carbonyl (C=O) groups excluding carboxylic acids is 1. The maximum Gasteiger partial charge on any atom is 0.243 e. The minimum Gasteiger partial charge on any atom is -0.383 e.